The molecule has 3 rings (SSSR count). The minimum atomic E-state index is -3.08. The second kappa shape index (κ2) is 9.31. The lowest BCUT2D eigenvalue weighted by Crippen LogP contribution is -2.43. The van der Waals surface area contributed by atoms with Crippen molar-refractivity contribution >= 4 is 0 Å². The molecule has 0 spiro atoms. The fraction of sp³-hybridized carbons (Fsp3) is 0.778. The van der Waals surface area contributed by atoms with Crippen LogP contribution in [-0.4, -0.2) is 39.1 Å². The normalized spacial score (nSPS) is 36.3. The zero-order valence-corrected chi connectivity index (χ0v) is 20.2. The topological polar surface area (TPSA) is 60.7 Å². The Morgan fingerprint density at radius 2 is 1.78 bits per heavy atom. The van der Waals surface area contributed by atoms with E-state index in [0.29, 0.717) is 36.7 Å². The summed E-state index contributed by atoms with van der Waals surface area (Å²) in [7, 11) is 0. The molecule has 0 amide bonds. The van der Waals surface area contributed by atoms with E-state index in [1.807, 2.05) is 0 Å². The Bertz CT molecular complexity index is 747. The molecular weight excluding hydrogens is 410 g/mol. The van der Waals surface area contributed by atoms with Crippen molar-refractivity contribution in [3.05, 3.63) is 35.5 Å². The SMILES string of the molecule is C=C1[C@H](O)CC(=C/C=C2\CCC[C@@]3(C)C2CCC3C(C)CCC(F)(F)C(C)(C)O)C[C@H]1O. The smallest absolute Gasteiger partial charge is 0.275 e. The second-order valence-corrected chi connectivity index (χ2v) is 11.5. The van der Waals surface area contributed by atoms with Gasteiger partial charge in [-0.2, -0.15) is 0 Å². The quantitative estimate of drug-likeness (QED) is 0.437. The summed E-state index contributed by atoms with van der Waals surface area (Å²) in [5, 5.41) is 30.0. The number of aliphatic hydroxyl groups excluding tert-OH is 2. The predicted molar refractivity (Wildman–Crippen MR) is 124 cm³/mol. The highest BCUT2D eigenvalue weighted by Gasteiger charge is 2.51. The van der Waals surface area contributed by atoms with Crippen LogP contribution in [0.4, 0.5) is 8.78 Å². The van der Waals surface area contributed by atoms with Crippen LogP contribution in [0.3, 0.4) is 0 Å². The van der Waals surface area contributed by atoms with Gasteiger partial charge in [0.05, 0.1) is 12.2 Å². The molecule has 0 aromatic rings. The summed E-state index contributed by atoms with van der Waals surface area (Å²) in [4.78, 5) is 0. The largest absolute Gasteiger partial charge is 0.388 e. The molecule has 0 radical (unpaired) electrons. The number of allylic oxidation sites excluding steroid dienone is 3. The third kappa shape index (κ3) is 5.05. The van der Waals surface area contributed by atoms with E-state index >= 15 is 0 Å². The molecule has 3 aliphatic carbocycles. The third-order valence-electron chi connectivity index (χ3n) is 8.83. The molecular formula is C27H42F2O3. The van der Waals surface area contributed by atoms with Gasteiger partial charge in [0, 0.05) is 6.42 Å². The lowest BCUT2D eigenvalue weighted by molar-refractivity contribution is -0.168. The van der Waals surface area contributed by atoms with Crippen LogP contribution < -0.4 is 0 Å². The molecule has 32 heavy (non-hydrogen) atoms. The van der Waals surface area contributed by atoms with Crippen molar-refractivity contribution < 1.29 is 24.1 Å². The Balaban J connectivity index is 1.70. The molecule has 0 aromatic heterocycles. The first-order chi connectivity index (χ1) is 14.8. The van der Waals surface area contributed by atoms with Crippen molar-refractivity contribution in [1.82, 2.24) is 0 Å². The number of hydrogen-bond donors (Lipinski definition) is 3. The molecule has 3 nitrogen and oxygen atoms in total. The van der Waals surface area contributed by atoms with Crippen LogP contribution in [0.25, 0.3) is 0 Å². The number of aliphatic hydroxyl groups is 3. The van der Waals surface area contributed by atoms with E-state index in [1.54, 1.807) is 0 Å². The van der Waals surface area contributed by atoms with Gasteiger partial charge in [-0.1, -0.05) is 43.7 Å². The van der Waals surface area contributed by atoms with Crippen molar-refractivity contribution in [3.8, 4) is 0 Å². The van der Waals surface area contributed by atoms with Gasteiger partial charge in [-0.05, 0) is 94.0 Å². The van der Waals surface area contributed by atoms with Crippen LogP contribution in [0.2, 0.25) is 0 Å². The molecule has 0 aromatic carbocycles. The van der Waals surface area contributed by atoms with Gasteiger partial charge in [-0.3, -0.25) is 0 Å². The number of fused-ring (bicyclic) bond motifs is 1. The van der Waals surface area contributed by atoms with E-state index in [2.05, 4.69) is 32.6 Å². The summed E-state index contributed by atoms with van der Waals surface area (Å²) in [5.74, 6) is -2.03. The van der Waals surface area contributed by atoms with E-state index in [-0.39, 0.29) is 17.8 Å². The molecule has 0 bridgehead atoms. The molecule has 6 atom stereocenters. The first kappa shape index (κ1) is 25.6. The fourth-order valence-electron chi connectivity index (χ4n) is 6.56. The van der Waals surface area contributed by atoms with Gasteiger partial charge < -0.3 is 15.3 Å². The van der Waals surface area contributed by atoms with Crippen molar-refractivity contribution in [2.75, 3.05) is 0 Å². The molecule has 182 valence electrons. The Morgan fingerprint density at radius 3 is 2.38 bits per heavy atom. The van der Waals surface area contributed by atoms with E-state index < -0.39 is 23.7 Å². The molecule has 3 unspecified atom stereocenters. The van der Waals surface area contributed by atoms with Gasteiger partial charge in [-0.25, -0.2) is 8.78 Å². The van der Waals surface area contributed by atoms with E-state index in [9.17, 15) is 24.1 Å². The maximum absolute atomic E-state index is 14.3. The van der Waals surface area contributed by atoms with Crippen molar-refractivity contribution in [2.24, 2.45) is 23.2 Å². The third-order valence-corrected chi connectivity index (χ3v) is 8.83. The predicted octanol–water partition coefficient (Wildman–Crippen LogP) is 5.95. The lowest BCUT2D eigenvalue weighted by atomic mass is 9.60. The minimum Gasteiger partial charge on any atom is -0.388 e. The zero-order valence-electron chi connectivity index (χ0n) is 20.2. The van der Waals surface area contributed by atoms with Crippen LogP contribution >= 0.6 is 0 Å². The van der Waals surface area contributed by atoms with Gasteiger partial charge in [0.15, 0.2) is 0 Å². The first-order valence-corrected chi connectivity index (χ1v) is 12.3. The summed E-state index contributed by atoms with van der Waals surface area (Å²) in [6.07, 6.45) is 9.55. The highest BCUT2D eigenvalue weighted by molar-refractivity contribution is 5.29. The Labute approximate surface area is 192 Å². The van der Waals surface area contributed by atoms with Crippen LogP contribution in [-0.2, 0) is 0 Å². The number of hydrogen-bond acceptors (Lipinski definition) is 3. The maximum Gasteiger partial charge on any atom is 0.275 e. The van der Waals surface area contributed by atoms with Gasteiger partial charge in [0.1, 0.15) is 5.60 Å². The zero-order chi connectivity index (χ0) is 23.9. The summed E-state index contributed by atoms with van der Waals surface area (Å²) in [5.41, 5.74) is 1.11. The molecule has 0 heterocycles. The first-order valence-electron chi connectivity index (χ1n) is 12.3. The summed E-state index contributed by atoms with van der Waals surface area (Å²) in [6.45, 7) is 10.6. The minimum absolute atomic E-state index is 0.117. The monoisotopic (exact) mass is 452 g/mol. The van der Waals surface area contributed by atoms with Gasteiger partial charge in [-0.15, -0.1) is 0 Å². The summed E-state index contributed by atoms with van der Waals surface area (Å²) in [6, 6.07) is 0. The fourth-order valence-corrected chi connectivity index (χ4v) is 6.56. The Kier molecular flexibility index (Phi) is 7.44. The number of alkyl halides is 2. The molecule has 3 aliphatic rings. The van der Waals surface area contributed by atoms with Crippen molar-refractivity contribution in [2.45, 2.75) is 109 Å². The molecule has 5 heteroatoms. The molecule has 3 N–H and O–H groups in total. The van der Waals surface area contributed by atoms with E-state index in [4.69, 9.17) is 0 Å². The second-order valence-electron chi connectivity index (χ2n) is 11.5. The average molecular weight is 453 g/mol. The molecule has 3 saturated carbocycles. The molecule has 3 fully saturated rings. The number of rotatable bonds is 6. The highest BCUT2D eigenvalue weighted by Crippen LogP contribution is 2.60. The van der Waals surface area contributed by atoms with Gasteiger partial charge in [0.25, 0.3) is 5.92 Å². The summed E-state index contributed by atoms with van der Waals surface area (Å²) >= 11 is 0. The highest BCUT2D eigenvalue weighted by atomic mass is 19.3. The van der Waals surface area contributed by atoms with E-state index in [0.717, 1.165) is 37.7 Å². The Morgan fingerprint density at radius 1 is 1.16 bits per heavy atom. The van der Waals surface area contributed by atoms with E-state index in [1.165, 1.54) is 19.4 Å². The van der Waals surface area contributed by atoms with Crippen LogP contribution in [0.15, 0.2) is 35.5 Å². The Hall–Kier alpha value is -1.04. The van der Waals surface area contributed by atoms with Gasteiger partial charge in [0.2, 0.25) is 0 Å². The number of halogens is 2. The molecule has 0 saturated heterocycles. The summed E-state index contributed by atoms with van der Waals surface area (Å²) < 4.78 is 28.6. The van der Waals surface area contributed by atoms with Gasteiger partial charge >= 0.3 is 0 Å². The van der Waals surface area contributed by atoms with Crippen LogP contribution in [0.5, 0.6) is 0 Å². The lowest BCUT2D eigenvalue weighted by Gasteiger charge is -2.44. The molecule has 0 aliphatic heterocycles. The van der Waals surface area contributed by atoms with Crippen molar-refractivity contribution in [1.29, 1.82) is 0 Å². The van der Waals surface area contributed by atoms with Crippen LogP contribution in [0.1, 0.15) is 85.5 Å². The average Bonchev–Trinajstić information content (AvgIpc) is 3.05. The maximum atomic E-state index is 14.3. The van der Waals surface area contributed by atoms with Crippen LogP contribution in [0, 0.1) is 23.2 Å². The van der Waals surface area contributed by atoms with Crippen molar-refractivity contribution in [3.63, 3.8) is 0 Å². The standard InChI is InChI=1S/C27H42F2O3/c1-17(12-14-27(28,29)25(3,4)32)21-10-11-22-20(7-6-13-26(21,22)5)9-8-19-15-23(30)18(2)24(31)16-19/h8-9,17,21-24,30-32H,2,6-7,10-16H2,1,3-5H3/b20-9+/t17?,21?,22?,23-,24-,26-/m1/s1.